The van der Waals surface area contributed by atoms with Crippen LogP contribution in [0.25, 0.3) is 11.3 Å². The summed E-state index contributed by atoms with van der Waals surface area (Å²) in [6, 6.07) is 16.9. The van der Waals surface area contributed by atoms with Crippen LogP contribution < -0.4 is 4.72 Å². The molecule has 0 fully saturated rings. The summed E-state index contributed by atoms with van der Waals surface area (Å²) in [6.45, 7) is 5.33. The quantitative estimate of drug-likeness (QED) is 0.301. The normalized spacial score (nSPS) is 11.7. The molecule has 0 saturated carbocycles. The molecule has 4 aromatic rings. The van der Waals surface area contributed by atoms with Crippen molar-refractivity contribution in [1.82, 2.24) is 9.55 Å². The highest BCUT2D eigenvalue weighted by molar-refractivity contribution is 7.92. The van der Waals surface area contributed by atoms with E-state index in [4.69, 9.17) is 16.3 Å². The second-order valence-electron chi connectivity index (χ2n) is 9.13. The second-order valence-corrected chi connectivity index (χ2v) is 11.2. The number of ketones is 1. The van der Waals surface area contributed by atoms with Gasteiger partial charge >= 0.3 is 6.09 Å². The highest BCUT2D eigenvalue weighted by Gasteiger charge is 2.22. The van der Waals surface area contributed by atoms with Crippen LogP contribution in [0.3, 0.4) is 0 Å². The molecule has 1 N–H and O–H groups in total. The minimum atomic E-state index is -4.06. The number of nitrogens with zero attached hydrogens (tertiary/aromatic N) is 2. The molecule has 2 aromatic heterocycles. The molecule has 8 nitrogen and oxygen atoms in total. The summed E-state index contributed by atoms with van der Waals surface area (Å²) >= 11 is 6.10. The molecule has 10 heteroatoms. The van der Waals surface area contributed by atoms with E-state index in [1.165, 1.54) is 59.4 Å². The number of sulfonamides is 1. The molecule has 190 valence electrons. The largest absolute Gasteiger partial charge is 0.443 e. The highest BCUT2D eigenvalue weighted by atomic mass is 35.5. The molecule has 0 radical (unpaired) electrons. The van der Waals surface area contributed by atoms with E-state index >= 15 is 0 Å². The van der Waals surface area contributed by atoms with Crippen molar-refractivity contribution in [3.63, 3.8) is 0 Å². The van der Waals surface area contributed by atoms with Crippen LogP contribution in [0.15, 0.2) is 90.2 Å². The first kappa shape index (κ1) is 26.1. The fourth-order valence-electron chi connectivity index (χ4n) is 3.55. The predicted molar refractivity (Wildman–Crippen MR) is 141 cm³/mol. The van der Waals surface area contributed by atoms with Gasteiger partial charge in [-0.1, -0.05) is 23.7 Å². The van der Waals surface area contributed by atoms with E-state index < -0.39 is 27.5 Å². The van der Waals surface area contributed by atoms with Crippen molar-refractivity contribution in [3.05, 3.63) is 101 Å². The Morgan fingerprint density at radius 1 is 0.973 bits per heavy atom. The summed E-state index contributed by atoms with van der Waals surface area (Å²) in [7, 11) is -4.06. The fourth-order valence-corrected chi connectivity index (χ4v) is 4.80. The van der Waals surface area contributed by atoms with Gasteiger partial charge in [-0.3, -0.25) is 19.1 Å². The Morgan fingerprint density at radius 2 is 1.65 bits per heavy atom. The van der Waals surface area contributed by atoms with Crippen LogP contribution in [-0.4, -0.2) is 35.4 Å². The molecular weight excluding hydrogens is 514 g/mol. The maximum atomic E-state index is 13.2. The van der Waals surface area contributed by atoms with Gasteiger partial charge in [0.05, 0.1) is 16.3 Å². The van der Waals surface area contributed by atoms with Crippen LogP contribution in [0.2, 0.25) is 5.02 Å². The summed E-state index contributed by atoms with van der Waals surface area (Å²) in [6.07, 6.45) is 3.99. The zero-order chi connectivity index (χ0) is 26.8. The third-order valence-electron chi connectivity index (χ3n) is 5.21. The van der Waals surface area contributed by atoms with Gasteiger partial charge < -0.3 is 4.74 Å². The monoisotopic (exact) mass is 537 g/mol. The average Bonchev–Trinajstić information content (AvgIpc) is 3.34. The molecule has 0 amide bonds. The predicted octanol–water partition coefficient (Wildman–Crippen LogP) is 6.02. The number of hydrogen-bond donors (Lipinski definition) is 1. The number of ether oxygens (including phenoxy) is 1. The van der Waals surface area contributed by atoms with E-state index in [9.17, 15) is 18.0 Å². The lowest BCUT2D eigenvalue weighted by Gasteiger charge is -2.20. The van der Waals surface area contributed by atoms with Crippen molar-refractivity contribution < 1.29 is 22.7 Å². The van der Waals surface area contributed by atoms with E-state index in [0.29, 0.717) is 16.8 Å². The molecule has 0 unspecified atom stereocenters. The summed E-state index contributed by atoms with van der Waals surface area (Å²) in [5.41, 5.74) is 1.05. The van der Waals surface area contributed by atoms with E-state index in [1.807, 2.05) is 0 Å². The molecule has 0 saturated heterocycles. The lowest BCUT2D eigenvalue weighted by Crippen LogP contribution is -2.27. The molecule has 37 heavy (non-hydrogen) atoms. The number of halogens is 1. The van der Waals surface area contributed by atoms with Gasteiger partial charge in [-0.05, 0) is 80.9 Å². The van der Waals surface area contributed by atoms with Gasteiger partial charge in [0.25, 0.3) is 10.0 Å². The topological polar surface area (TPSA) is 107 Å². The molecule has 0 spiro atoms. The standard InChI is InChI=1S/C27H24ClN3O5S/c1-27(2,3)36-26(33)31-16-4-5-24(31)18-6-9-21(10-7-18)37(34,35)30-23-11-8-20(28)17-22(23)25(32)19-12-14-29-15-13-19/h4-17,30H,1-3H3. The molecule has 0 aliphatic carbocycles. The van der Waals surface area contributed by atoms with Crippen molar-refractivity contribution in [3.8, 4) is 11.3 Å². The van der Waals surface area contributed by atoms with E-state index in [2.05, 4.69) is 9.71 Å². The summed E-state index contributed by atoms with van der Waals surface area (Å²) < 4.78 is 35.7. The summed E-state index contributed by atoms with van der Waals surface area (Å²) in [4.78, 5) is 29.5. The Hall–Kier alpha value is -3.95. The van der Waals surface area contributed by atoms with Crippen LogP contribution in [0.4, 0.5) is 10.5 Å². The first-order valence-electron chi connectivity index (χ1n) is 11.2. The summed E-state index contributed by atoms with van der Waals surface area (Å²) in [5, 5.41) is 0.290. The number of rotatable bonds is 6. The minimum absolute atomic E-state index is 0.0242. The number of aromatic nitrogens is 2. The Labute approximate surface area is 219 Å². The van der Waals surface area contributed by atoms with Crippen molar-refractivity contribution >= 4 is 39.2 Å². The highest BCUT2D eigenvalue weighted by Crippen LogP contribution is 2.28. The number of carbonyl (C=O) groups excluding carboxylic acids is 2. The molecule has 2 aromatic carbocycles. The van der Waals surface area contributed by atoms with Gasteiger partial charge in [0.1, 0.15) is 5.60 Å². The SMILES string of the molecule is CC(C)(C)OC(=O)n1cccc1-c1ccc(S(=O)(=O)Nc2ccc(Cl)cc2C(=O)c2ccncc2)cc1. The molecular formula is C27H24ClN3O5S. The maximum Gasteiger partial charge on any atom is 0.418 e. The number of carbonyl (C=O) groups is 2. The van der Waals surface area contributed by atoms with Crippen molar-refractivity contribution in [2.24, 2.45) is 0 Å². The van der Waals surface area contributed by atoms with Gasteiger partial charge in [-0.25, -0.2) is 13.2 Å². The molecule has 2 heterocycles. The lowest BCUT2D eigenvalue weighted by atomic mass is 10.0. The molecule has 0 bridgehead atoms. The van der Waals surface area contributed by atoms with Gasteiger partial charge in [-0.2, -0.15) is 0 Å². The van der Waals surface area contributed by atoms with E-state index in [-0.39, 0.29) is 21.2 Å². The minimum Gasteiger partial charge on any atom is -0.443 e. The van der Waals surface area contributed by atoms with E-state index in [0.717, 1.165) is 0 Å². The maximum absolute atomic E-state index is 13.2. The zero-order valence-corrected chi connectivity index (χ0v) is 21.9. The van der Waals surface area contributed by atoms with Gasteiger partial charge in [0, 0.05) is 34.7 Å². The number of benzene rings is 2. The van der Waals surface area contributed by atoms with E-state index in [1.54, 1.807) is 51.2 Å². The van der Waals surface area contributed by atoms with Gasteiger partial charge in [-0.15, -0.1) is 0 Å². The molecule has 0 aliphatic rings. The van der Waals surface area contributed by atoms with Crippen LogP contribution in [0.5, 0.6) is 0 Å². The van der Waals surface area contributed by atoms with Crippen molar-refractivity contribution in [2.45, 2.75) is 31.3 Å². The first-order chi connectivity index (χ1) is 17.4. The summed E-state index contributed by atoms with van der Waals surface area (Å²) in [5.74, 6) is -0.402. The number of nitrogens with one attached hydrogen (secondary N) is 1. The van der Waals surface area contributed by atoms with Crippen LogP contribution in [0, 0.1) is 0 Å². The first-order valence-corrected chi connectivity index (χ1v) is 13.1. The third kappa shape index (κ3) is 6.07. The Morgan fingerprint density at radius 3 is 2.30 bits per heavy atom. The number of hydrogen-bond acceptors (Lipinski definition) is 6. The lowest BCUT2D eigenvalue weighted by molar-refractivity contribution is 0.0540. The second kappa shape index (κ2) is 10.2. The molecule has 0 aliphatic heterocycles. The molecule has 4 rings (SSSR count). The smallest absolute Gasteiger partial charge is 0.418 e. The average molecular weight is 538 g/mol. The van der Waals surface area contributed by atoms with Gasteiger partial charge in [0.2, 0.25) is 0 Å². The zero-order valence-electron chi connectivity index (χ0n) is 20.3. The van der Waals surface area contributed by atoms with Crippen LogP contribution in [0.1, 0.15) is 36.7 Å². The number of pyridine rings is 1. The number of anilines is 1. The van der Waals surface area contributed by atoms with Crippen LogP contribution in [-0.2, 0) is 14.8 Å². The molecule has 0 atom stereocenters. The van der Waals surface area contributed by atoms with Crippen LogP contribution >= 0.6 is 11.6 Å². The van der Waals surface area contributed by atoms with Gasteiger partial charge in [0.15, 0.2) is 5.78 Å². The Kier molecular flexibility index (Phi) is 7.20. The van der Waals surface area contributed by atoms with Crippen molar-refractivity contribution in [2.75, 3.05) is 4.72 Å². The fraction of sp³-hybridized carbons (Fsp3) is 0.148. The Balaban J connectivity index is 1.61. The van der Waals surface area contributed by atoms with Crippen molar-refractivity contribution in [1.29, 1.82) is 0 Å². The third-order valence-corrected chi connectivity index (χ3v) is 6.83. The Bertz CT molecular complexity index is 1560.